The first-order valence-corrected chi connectivity index (χ1v) is 4.99. The van der Waals surface area contributed by atoms with E-state index in [1.807, 2.05) is 0 Å². The lowest BCUT2D eigenvalue weighted by Crippen LogP contribution is -2.58. The lowest BCUT2D eigenvalue weighted by Gasteiger charge is -2.12. The molecule has 0 saturated heterocycles. The van der Waals surface area contributed by atoms with Crippen molar-refractivity contribution < 1.29 is 4.99 Å². The van der Waals surface area contributed by atoms with E-state index in [4.69, 9.17) is 17.2 Å². The van der Waals surface area contributed by atoms with Crippen molar-refractivity contribution in [2.75, 3.05) is 29.6 Å². The molecule has 0 heterocycles. The second-order valence-corrected chi connectivity index (χ2v) is 3.81. The molecule has 1 rings (SSSR count). The van der Waals surface area contributed by atoms with Crippen LogP contribution in [0.1, 0.15) is 0 Å². The van der Waals surface area contributed by atoms with Crippen LogP contribution in [0.15, 0.2) is 0 Å². The summed E-state index contributed by atoms with van der Waals surface area (Å²) in [6.07, 6.45) is 0. The predicted molar refractivity (Wildman–Crippen MR) is 69.7 cm³/mol. The molecular weight excluding hydrogens is 293 g/mol. The van der Waals surface area contributed by atoms with E-state index in [1.54, 1.807) is 7.05 Å². The maximum Gasteiger partial charge on any atom is 0.252 e. The number of rotatable bonds is 2. The molecule has 0 spiro atoms. The largest absolute Gasteiger partial charge is 0.396 e. The first-order chi connectivity index (χ1) is 6.54. The van der Waals surface area contributed by atoms with E-state index >= 15 is 0 Å². The third kappa shape index (κ3) is 1.45. The second-order valence-electron chi connectivity index (χ2n) is 2.73. The molecule has 0 fully saturated rings. The number of anilines is 4. The highest BCUT2D eigenvalue weighted by molar-refractivity contribution is 14.1. The maximum atomic E-state index is 5.85. The molecule has 0 unspecified atom stereocenters. The van der Waals surface area contributed by atoms with Gasteiger partial charge in [0.05, 0.1) is 14.9 Å². The lowest BCUT2D eigenvalue weighted by atomic mass is 10.1. The van der Waals surface area contributed by atoms with E-state index in [9.17, 15) is 0 Å². The third-order valence-corrected chi connectivity index (χ3v) is 3.14. The van der Waals surface area contributed by atoms with Crippen LogP contribution in [0.3, 0.4) is 0 Å². The van der Waals surface area contributed by atoms with Gasteiger partial charge in [-0.1, -0.05) is 0 Å². The van der Waals surface area contributed by atoms with Crippen molar-refractivity contribution >= 4 is 57.7 Å². The Labute approximate surface area is 95.9 Å². The van der Waals surface area contributed by atoms with Crippen molar-refractivity contribution in [3.05, 3.63) is 3.57 Å². The van der Waals surface area contributed by atoms with Crippen LogP contribution in [0.4, 0.5) is 28.4 Å². The molecule has 0 aliphatic carbocycles. The Morgan fingerprint density at radius 1 is 1.21 bits per heavy atom. The molecule has 5 nitrogen and oxygen atoms in total. The van der Waals surface area contributed by atoms with Gasteiger partial charge >= 0.3 is 0 Å². The van der Waals surface area contributed by atoms with Gasteiger partial charge in [-0.05, 0) is 22.6 Å². The number of nitrogens with one attached hydrogen (secondary N) is 2. The Bertz CT molecular complexity index is 388. The Kier molecular flexibility index (Phi) is 3.04. The normalized spacial score (nSPS) is 9.86. The van der Waals surface area contributed by atoms with E-state index < -0.39 is 0 Å². The topological polar surface area (TPSA) is 104 Å². The minimum Gasteiger partial charge on any atom is -0.396 e. The summed E-state index contributed by atoms with van der Waals surface area (Å²) in [7, 11) is 1.75. The zero-order chi connectivity index (χ0) is 10.9. The lowest BCUT2D eigenvalue weighted by molar-refractivity contribution is -0.339. The number of nitrogen functional groups attached to an aromatic ring is 3. The summed E-state index contributed by atoms with van der Waals surface area (Å²) in [5.41, 5.74) is 20.3. The zero-order valence-corrected chi connectivity index (χ0v) is 9.97. The maximum absolute atomic E-state index is 5.85. The molecule has 0 aromatic heterocycles. The van der Waals surface area contributed by atoms with E-state index in [-0.39, 0.29) is 0 Å². The van der Waals surface area contributed by atoms with Crippen LogP contribution < -0.4 is 27.5 Å². The van der Waals surface area contributed by atoms with Gasteiger partial charge in [0.1, 0.15) is 18.1 Å². The summed E-state index contributed by atoms with van der Waals surface area (Å²) in [5.74, 6) is 0. The number of hydrogen-bond acceptors (Lipinski definition) is 4. The number of hydrogen-bond donors (Lipinski definition) is 5. The summed E-state index contributed by atoms with van der Waals surface area (Å²) >= 11 is 2.05. The summed E-state index contributed by atoms with van der Waals surface area (Å²) in [6, 6.07) is 0. The van der Waals surface area contributed by atoms with Crippen LogP contribution >= 0.6 is 22.6 Å². The van der Waals surface area contributed by atoms with Crippen LogP contribution in [-0.4, -0.2) is 13.8 Å². The smallest absolute Gasteiger partial charge is 0.252 e. The standard InChI is InChI=1S/C8H12IN5/c1-13-7-5(11)3(9)4(10)6(12)8(7)14-2/h14H,1,10-12H2,2H3/p+1. The van der Waals surface area contributed by atoms with Crippen LogP contribution in [0.2, 0.25) is 0 Å². The van der Waals surface area contributed by atoms with Crippen LogP contribution in [0.5, 0.6) is 0 Å². The van der Waals surface area contributed by atoms with Crippen molar-refractivity contribution in [3.63, 3.8) is 0 Å². The van der Waals surface area contributed by atoms with Crippen LogP contribution in [-0.2, 0) is 0 Å². The molecule has 0 amide bonds. The van der Waals surface area contributed by atoms with Gasteiger partial charge in [0.25, 0.3) is 5.69 Å². The minimum absolute atomic E-state index is 0.484. The Morgan fingerprint density at radius 2 is 1.79 bits per heavy atom. The summed E-state index contributed by atoms with van der Waals surface area (Å²) in [5, 5.41) is 2.93. The van der Waals surface area contributed by atoms with Crippen molar-refractivity contribution in [2.24, 2.45) is 0 Å². The molecule has 76 valence electrons. The quantitative estimate of drug-likeness (QED) is 0.288. The molecule has 1 aromatic rings. The second kappa shape index (κ2) is 3.91. The number of benzene rings is 1. The molecule has 0 radical (unpaired) electrons. The van der Waals surface area contributed by atoms with E-state index in [1.165, 1.54) is 0 Å². The molecular formula is C8H13IN5+. The zero-order valence-electron chi connectivity index (χ0n) is 7.82. The highest BCUT2D eigenvalue weighted by Crippen LogP contribution is 2.39. The van der Waals surface area contributed by atoms with Crippen molar-refractivity contribution in [2.45, 2.75) is 0 Å². The summed E-state index contributed by atoms with van der Waals surface area (Å²) in [6.45, 7) is 3.57. The molecule has 14 heavy (non-hydrogen) atoms. The minimum atomic E-state index is 0.484. The van der Waals surface area contributed by atoms with Gasteiger partial charge in [0.2, 0.25) is 0 Å². The Morgan fingerprint density at radius 3 is 2.21 bits per heavy atom. The monoisotopic (exact) mass is 306 g/mol. The highest BCUT2D eigenvalue weighted by atomic mass is 127. The van der Waals surface area contributed by atoms with Crippen molar-refractivity contribution in [1.82, 2.24) is 0 Å². The van der Waals surface area contributed by atoms with E-state index in [2.05, 4.69) is 39.6 Å². The fourth-order valence-electron chi connectivity index (χ4n) is 1.22. The first-order valence-electron chi connectivity index (χ1n) is 3.91. The molecule has 0 saturated carbocycles. The fraction of sp³-hybridized carbons (Fsp3) is 0.125. The van der Waals surface area contributed by atoms with Gasteiger partial charge in [-0.25, -0.2) is 4.99 Å². The molecule has 0 aliphatic heterocycles. The third-order valence-electron chi connectivity index (χ3n) is 1.98. The van der Waals surface area contributed by atoms with Gasteiger partial charge in [-0.3, -0.25) is 0 Å². The summed E-state index contributed by atoms with van der Waals surface area (Å²) in [4.78, 5) is 2.75. The van der Waals surface area contributed by atoms with Gasteiger partial charge in [0.15, 0.2) is 0 Å². The fourth-order valence-corrected chi connectivity index (χ4v) is 1.78. The SMILES string of the molecule is C=[NH+]c1c(N)c(I)c(N)c(N)c1NC. The highest BCUT2D eigenvalue weighted by Gasteiger charge is 2.20. The summed E-state index contributed by atoms with van der Waals surface area (Å²) < 4.78 is 0.741. The average Bonchev–Trinajstić information content (AvgIpc) is 2.20. The Balaban J connectivity index is 3.65. The number of nitrogens with two attached hydrogens (primary N) is 3. The average molecular weight is 306 g/mol. The molecule has 6 heteroatoms. The van der Waals surface area contributed by atoms with Crippen LogP contribution in [0, 0.1) is 3.57 Å². The molecule has 0 aliphatic rings. The van der Waals surface area contributed by atoms with Gasteiger partial charge in [-0.15, -0.1) is 0 Å². The Hall–Kier alpha value is -1.18. The van der Waals surface area contributed by atoms with Crippen molar-refractivity contribution in [1.29, 1.82) is 0 Å². The predicted octanol–water partition coefficient (Wildman–Crippen LogP) is -0.508. The van der Waals surface area contributed by atoms with E-state index in [0.29, 0.717) is 28.4 Å². The molecule has 1 aromatic carbocycles. The van der Waals surface area contributed by atoms with Gasteiger partial charge in [0, 0.05) is 7.05 Å². The van der Waals surface area contributed by atoms with E-state index in [0.717, 1.165) is 3.57 Å². The molecule has 8 N–H and O–H groups in total. The van der Waals surface area contributed by atoms with Crippen LogP contribution in [0.25, 0.3) is 0 Å². The molecule has 0 bridgehead atoms. The van der Waals surface area contributed by atoms with Crippen molar-refractivity contribution in [3.8, 4) is 0 Å². The van der Waals surface area contributed by atoms with Gasteiger partial charge in [-0.2, -0.15) is 0 Å². The molecule has 0 atom stereocenters. The number of halogens is 1. The first kappa shape index (κ1) is 10.9. The van der Waals surface area contributed by atoms with Gasteiger partial charge < -0.3 is 22.5 Å².